The van der Waals surface area contributed by atoms with Gasteiger partial charge in [-0.1, -0.05) is 63.5 Å². The second kappa shape index (κ2) is 12.9. The smallest absolute Gasteiger partial charge is 0.0591 e. The summed E-state index contributed by atoms with van der Waals surface area (Å²) in [5.74, 6) is 3.49. The summed E-state index contributed by atoms with van der Waals surface area (Å²) in [5.41, 5.74) is 1.51. The molecule has 2 aliphatic carbocycles. The lowest BCUT2D eigenvalue weighted by atomic mass is 9.74. The molecular formula is C24H45NO. The van der Waals surface area contributed by atoms with E-state index in [9.17, 15) is 0 Å². The fourth-order valence-electron chi connectivity index (χ4n) is 5.21. The van der Waals surface area contributed by atoms with Gasteiger partial charge in [0.25, 0.3) is 0 Å². The first kappa shape index (κ1) is 22.0. The molecule has 0 aromatic heterocycles. The highest BCUT2D eigenvalue weighted by atomic mass is 16.5. The first-order chi connectivity index (χ1) is 12.7. The maximum absolute atomic E-state index is 6.02. The topological polar surface area (TPSA) is 21.3 Å². The number of rotatable bonds is 10. The van der Waals surface area contributed by atoms with E-state index in [1.165, 1.54) is 76.2 Å². The van der Waals surface area contributed by atoms with Gasteiger partial charge >= 0.3 is 0 Å². The highest BCUT2D eigenvalue weighted by Gasteiger charge is 2.27. The molecule has 0 aromatic rings. The fourth-order valence-corrected chi connectivity index (χ4v) is 5.21. The van der Waals surface area contributed by atoms with Crippen molar-refractivity contribution in [1.29, 1.82) is 0 Å². The molecule has 2 heteroatoms. The number of hydrogen-bond acceptors (Lipinski definition) is 2. The Hall–Kier alpha value is -0.340. The standard InChI is InChI=1S/C24H45NO/c1-4-25-15-16-26-19-22-11-7-8-12-23(24(18-22)17-20(2)3)14-13-21-9-5-6-10-21/h17,21-25H,4-16,18-19H2,1-3H3. The van der Waals surface area contributed by atoms with E-state index in [0.29, 0.717) is 0 Å². The normalized spacial score (nSPS) is 27.9. The molecule has 0 heterocycles. The van der Waals surface area contributed by atoms with Crippen molar-refractivity contribution in [1.82, 2.24) is 5.32 Å². The fraction of sp³-hybridized carbons (Fsp3) is 0.917. The van der Waals surface area contributed by atoms with Crippen LogP contribution < -0.4 is 5.32 Å². The molecular weight excluding hydrogens is 318 g/mol. The molecule has 0 bridgehead atoms. The van der Waals surface area contributed by atoms with Crippen molar-refractivity contribution in [3.05, 3.63) is 11.6 Å². The zero-order chi connectivity index (χ0) is 18.6. The molecule has 2 rings (SSSR count). The van der Waals surface area contributed by atoms with E-state index >= 15 is 0 Å². The third-order valence-electron chi connectivity index (χ3n) is 6.64. The van der Waals surface area contributed by atoms with E-state index in [1.807, 2.05) is 0 Å². The Morgan fingerprint density at radius 3 is 2.35 bits per heavy atom. The third-order valence-corrected chi connectivity index (χ3v) is 6.64. The lowest BCUT2D eigenvalue weighted by molar-refractivity contribution is 0.0799. The molecule has 2 saturated carbocycles. The van der Waals surface area contributed by atoms with Gasteiger partial charge in [0.15, 0.2) is 0 Å². The molecule has 0 aliphatic heterocycles. The maximum Gasteiger partial charge on any atom is 0.0591 e. The molecule has 152 valence electrons. The second-order valence-corrected chi connectivity index (χ2v) is 9.21. The number of allylic oxidation sites excluding steroid dienone is 2. The highest BCUT2D eigenvalue weighted by molar-refractivity contribution is 5.00. The van der Waals surface area contributed by atoms with Gasteiger partial charge in [0.1, 0.15) is 0 Å². The summed E-state index contributed by atoms with van der Waals surface area (Å²) in [6.07, 6.45) is 18.5. The minimum absolute atomic E-state index is 0.756. The van der Waals surface area contributed by atoms with Crippen LogP contribution in [0, 0.1) is 23.7 Å². The van der Waals surface area contributed by atoms with Gasteiger partial charge in [0.05, 0.1) is 6.61 Å². The molecule has 26 heavy (non-hydrogen) atoms. The van der Waals surface area contributed by atoms with Crippen LogP contribution in [-0.2, 0) is 4.74 Å². The summed E-state index contributed by atoms with van der Waals surface area (Å²) in [6, 6.07) is 0. The van der Waals surface area contributed by atoms with E-state index in [1.54, 1.807) is 0 Å². The van der Waals surface area contributed by atoms with Gasteiger partial charge in [0, 0.05) is 13.2 Å². The van der Waals surface area contributed by atoms with Crippen molar-refractivity contribution in [2.75, 3.05) is 26.3 Å². The van der Waals surface area contributed by atoms with Gasteiger partial charge in [-0.3, -0.25) is 0 Å². The Bertz CT molecular complexity index is 382. The molecule has 3 atom stereocenters. The first-order valence-corrected chi connectivity index (χ1v) is 11.6. The van der Waals surface area contributed by atoms with Crippen molar-refractivity contribution in [3.8, 4) is 0 Å². The van der Waals surface area contributed by atoms with Gasteiger partial charge in [-0.15, -0.1) is 0 Å². The van der Waals surface area contributed by atoms with Crippen molar-refractivity contribution >= 4 is 0 Å². The van der Waals surface area contributed by atoms with Crippen LogP contribution in [0.1, 0.15) is 91.4 Å². The maximum atomic E-state index is 6.02. The lowest BCUT2D eigenvalue weighted by Gasteiger charge is -2.32. The molecule has 0 amide bonds. The van der Waals surface area contributed by atoms with Crippen LogP contribution in [-0.4, -0.2) is 26.3 Å². The van der Waals surface area contributed by atoms with Crippen molar-refractivity contribution in [2.24, 2.45) is 23.7 Å². The van der Waals surface area contributed by atoms with Crippen molar-refractivity contribution < 1.29 is 4.74 Å². The highest BCUT2D eigenvalue weighted by Crippen LogP contribution is 2.38. The zero-order valence-electron chi connectivity index (χ0n) is 17.9. The lowest BCUT2D eigenvalue weighted by Crippen LogP contribution is -2.25. The summed E-state index contributed by atoms with van der Waals surface area (Å²) in [4.78, 5) is 0. The average molecular weight is 364 g/mol. The summed E-state index contributed by atoms with van der Waals surface area (Å²) >= 11 is 0. The SMILES string of the molecule is CCNCCOCC1CCCCC(CCC2CCCC2)C(C=C(C)C)C1. The first-order valence-electron chi connectivity index (χ1n) is 11.6. The van der Waals surface area contributed by atoms with Gasteiger partial charge in [-0.2, -0.15) is 0 Å². The average Bonchev–Trinajstić information content (AvgIpc) is 3.11. The second-order valence-electron chi connectivity index (χ2n) is 9.21. The van der Waals surface area contributed by atoms with E-state index in [2.05, 4.69) is 32.2 Å². The predicted molar refractivity (Wildman–Crippen MR) is 114 cm³/mol. The number of hydrogen-bond donors (Lipinski definition) is 1. The Morgan fingerprint density at radius 1 is 0.962 bits per heavy atom. The van der Waals surface area contributed by atoms with E-state index < -0.39 is 0 Å². The van der Waals surface area contributed by atoms with Crippen LogP contribution in [0.2, 0.25) is 0 Å². The third kappa shape index (κ3) is 8.57. The van der Waals surface area contributed by atoms with Crippen molar-refractivity contribution in [3.63, 3.8) is 0 Å². The van der Waals surface area contributed by atoms with Gasteiger partial charge in [-0.25, -0.2) is 0 Å². The van der Waals surface area contributed by atoms with Crippen LogP contribution in [0.15, 0.2) is 11.6 Å². The monoisotopic (exact) mass is 363 g/mol. The van der Waals surface area contributed by atoms with Gasteiger partial charge in [-0.05, 0) is 69.7 Å². The largest absolute Gasteiger partial charge is 0.380 e. The molecule has 0 saturated heterocycles. The van der Waals surface area contributed by atoms with E-state index in [4.69, 9.17) is 4.74 Å². The molecule has 0 aromatic carbocycles. The number of ether oxygens (including phenoxy) is 1. The van der Waals surface area contributed by atoms with Crippen LogP contribution in [0.25, 0.3) is 0 Å². The van der Waals surface area contributed by atoms with Crippen LogP contribution in [0.4, 0.5) is 0 Å². The van der Waals surface area contributed by atoms with Gasteiger partial charge < -0.3 is 10.1 Å². The molecule has 3 unspecified atom stereocenters. The van der Waals surface area contributed by atoms with E-state index in [0.717, 1.165) is 50.0 Å². The van der Waals surface area contributed by atoms with Crippen LogP contribution in [0.3, 0.4) is 0 Å². The molecule has 2 nitrogen and oxygen atoms in total. The Morgan fingerprint density at radius 2 is 1.65 bits per heavy atom. The van der Waals surface area contributed by atoms with Gasteiger partial charge in [0.2, 0.25) is 0 Å². The van der Waals surface area contributed by atoms with Crippen molar-refractivity contribution in [2.45, 2.75) is 91.4 Å². The van der Waals surface area contributed by atoms with Crippen LogP contribution >= 0.6 is 0 Å². The summed E-state index contributed by atoms with van der Waals surface area (Å²) in [6.45, 7) is 10.6. The minimum Gasteiger partial charge on any atom is -0.380 e. The molecule has 2 fully saturated rings. The summed E-state index contributed by atoms with van der Waals surface area (Å²) in [7, 11) is 0. The quantitative estimate of drug-likeness (QED) is 0.360. The van der Waals surface area contributed by atoms with Crippen LogP contribution in [0.5, 0.6) is 0 Å². The number of likely N-dealkylation sites (N-methyl/N-ethyl adjacent to an activating group) is 1. The molecule has 1 N–H and O–H groups in total. The Labute approximate surface area is 163 Å². The molecule has 0 radical (unpaired) electrons. The molecule has 0 spiro atoms. The Kier molecular flexibility index (Phi) is 10.9. The molecule has 2 aliphatic rings. The summed E-state index contributed by atoms with van der Waals surface area (Å²) < 4.78 is 6.02. The summed E-state index contributed by atoms with van der Waals surface area (Å²) in [5, 5.41) is 3.36. The zero-order valence-corrected chi connectivity index (χ0v) is 17.9. The predicted octanol–water partition coefficient (Wildman–Crippen LogP) is 6.36. The Balaban J connectivity index is 1.86. The minimum atomic E-state index is 0.756. The van der Waals surface area contributed by atoms with E-state index in [-0.39, 0.29) is 0 Å². The number of nitrogens with one attached hydrogen (secondary N) is 1.